The Kier molecular flexibility index (Phi) is 4.28. The van der Waals surface area contributed by atoms with Crippen molar-refractivity contribution < 1.29 is 13.5 Å². The quantitative estimate of drug-likeness (QED) is 0.836. The van der Waals surface area contributed by atoms with Gasteiger partial charge in [-0.25, -0.2) is 8.78 Å². The average Bonchev–Trinajstić information content (AvgIpc) is 2.29. The molecule has 3 nitrogen and oxygen atoms in total. The van der Waals surface area contributed by atoms with Crippen LogP contribution in [0.15, 0.2) is 12.1 Å². The monoisotopic (exact) mass is 244 g/mol. The third kappa shape index (κ3) is 3.56. The summed E-state index contributed by atoms with van der Waals surface area (Å²) in [6, 6.07) is 2.11. The Morgan fingerprint density at radius 2 is 1.94 bits per heavy atom. The Morgan fingerprint density at radius 1 is 1.29 bits per heavy atom. The Bertz CT molecular complexity index is 394. The van der Waals surface area contributed by atoms with Crippen LogP contribution in [-0.2, 0) is 0 Å². The number of rotatable bonds is 5. The van der Waals surface area contributed by atoms with Crippen LogP contribution in [0.25, 0.3) is 0 Å². The molecule has 1 rings (SSSR count). The Hall–Kier alpha value is -1.36. The van der Waals surface area contributed by atoms with Gasteiger partial charge in [-0.15, -0.1) is 0 Å². The summed E-state index contributed by atoms with van der Waals surface area (Å²) < 4.78 is 31.6. The third-order valence-corrected chi connectivity index (χ3v) is 2.55. The zero-order chi connectivity index (χ0) is 13.1. The number of methoxy groups -OCH3 is 1. The molecule has 96 valence electrons. The highest BCUT2D eigenvalue weighted by Gasteiger charge is 2.17. The zero-order valence-electron chi connectivity index (χ0n) is 10.3. The average molecular weight is 244 g/mol. The van der Waals surface area contributed by atoms with E-state index >= 15 is 0 Å². The number of benzene rings is 1. The van der Waals surface area contributed by atoms with E-state index in [4.69, 9.17) is 5.73 Å². The first-order chi connectivity index (χ1) is 7.89. The topological polar surface area (TPSA) is 47.3 Å². The van der Waals surface area contributed by atoms with Gasteiger partial charge in [0.2, 0.25) is 0 Å². The van der Waals surface area contributed by atoms with E-state index in [-0.39, 0.29) is 16.9 Å². The minimum absolute atomic E-state index is 0.105. The number of ether oxygens (including phenoxy) is 1. The number of nitrogens with one attached hydrogen (secondary N) is 1. The van der Waals surface area contributed by atoms with E-state index in [1.54, 1.807) is 0 Å². The Labute approximate surface area is 100.0 Å². The Morgan fingerprint density at radius 3 is 2.47 bits per heavy atom. The molecule has 0 atom stereocenters. The van der Waals surface area contributed by atoms with Gasteiger partial charge in [-0.3, -0.25) is 0 Å². The van der Waals surface area contributed by atoms with Crippen LogP contribution in [-0.4, -0.2) is 20.2 Å². The molecule has 0 saturated carbocycles. The van der Waals surface area contributed by atoms with Crippen molar-refractivity contribution in [1.29, 1.82) is 0 Å². The van der Waals surface area contributed by atoms with Crippen LogP contribution >= 0.6 is 0 Å². The maximum atomic E-state index is 13.6. The lowest BCUT2D eigenvalue weighted by atomic mass is 9.94. The fourth-order valence-electron chi connectivity index (χ4n) is 1.23. The van der Waals surface area contributed by atoms with Gasteiger partial charge in [-0.1, -0.05) is 13.8 Å². The molecular formula is C12H18F2N2O. The highest BCUT2D eigenvalue weighted by atomic mass is 19.1. The first kappa shape index (κ1) is 13.7. The number of halogens is 2. The predicted molar refractivity (Wildman–Crippen MR) is 64.2 cm³/mol. The van der Waals surface area contributed by atoms with E-state index in [1.807, 2.05) is 13.8 Å². The van der Waals surface area contributed by atoms with Gasteiger partial charge in [-0.2, -0.15) is 0 Å². The van der Waals surface area contributed by atoms with Gasteiger partial charge >= 0.3 is 0 Å². The molecule has 3 N–H and O–H groups in total. The van der Waals surface area contributed by atoms with Gasteiger partial charge in [0.25, 0.3) is 0 Å². The lowest BCUT2D eigenvalue weighted by Gasteiger charge is -2.23. The molecule has 0 bridgehead atoms. The van der Waals surface area contributed by atoms with Gasteiger partial charge in [0.15, 0.2) is 11.6 Å². The molecule has 1 aromatic carbocycles. The maximum Gasteiger partial charge on any atom is 0.167 e. The summed E-state index contributed by atoms with van der Waals surface area (Å²) in [5.41, 5.74) is 5.49. The molecule has 0 radical (unpaired) electrons. The number of nitrogens with two attached hydrogens (primary N) is 1. The SMILES string of the molecule is COc1cc(F)c(NCC(C)(C)CN)cc1F. The molecule has 1 aromatic rings. The summed E-state index contributed by atoms with van der Waals surface area (Å²) >= 11 is 0. The molecule has 0 heterocycles. The van der Waals surface area contributed by atoms with Crippen molar-refractivity contribution in [3.8, 4) is 5.75 Å². The molecule has 0 amide bonds. The lowest BCUT2D eigenvalue weighted by Crippen LogP contribution is -2.31. The van der Waals surface area contributed by atoms with E-state index < -0.39 is 11.6 Å². The van der Waals surface area contributed by atoms with Gasteiger partial charge in [0.05, 0.1) is 12.8 Å². The zero-order valence-corrected chi connectivity index (χ0v) is 10.3. The van der Waals surface area contributed by atoms with Crippen LogP contribution in [0.2, 0.25) is 0 Å². The number of hydrogen-bond acceptors (Lipinski definition) is 3. The van der Waals surface area contributed by atoms with Gasteiger partial charge in [0.1, 0.15) is 5.82 Å². The largest absolute Gasteiger partial charge is 0.494 e. The molecule has 0 saturated heterocycles. The van der Waals surface area contributed by atoms with Crippen LogP contribution in [0.1, 0.15) is 13.8 Å². The van der Waals surface area contributed by atoms with E-state index in [9.17, 15) is 8.78 Å². The summed E-state index contributed by atoms with van der Waals surface area (Å²) in [7, 11) is 1.29. The van der Waals surface area contributed by atoms with Crippen LogP contribution in [0.3, 0.4) is 0 Å². The molecular weight excluding hydrogens is 226 g/mol. The second-order valence-electron chi connectivity index (χ2n) is 4.69. The fourth-order valence-corrected chi connectivity index (χ4v) is 1.23. The van der Waals surface area contributed by atoms with Gasteiger partial charge in [0, 0.05) is 18.7 Å². The molecule has 0 unspecified atom stereocenters. The minimum Gasteiger partial charge on any atom is -0.494 e. The van der Waals surface area contributed by atoms with E-state index in [2.05, 4.69) is 10.1 Å². The summed E-state index contributed by atoms with van der Waals surface area (Å²) in [6.45, 7) is 4.81. The van der Waals surface area contributed by atoms with Crippen molar-refractivity contribution in [2.24, 2.45) is 11.1 Å². The van der Waals surface area contributed by atoms with Gasteiger partial charge in [-0.05, 0) is 12.0 Å². The van der Waals surface area contributed by atoms with Crippen molar-refractivity contribution in [3.05, 3.63) is 23.8 Å². The summed E-state index contributed by atoms with van der Waals surface area (Å²) in [6.07, 6.45) is 0. The number of hydrogen-bond donors (Lipinski definition) is 2. The van der Waals surface area contributed by atoms with Crippen LogP contribution in [0.5, 0.6) is 5.75 Å². The highest BCUT2D eigenvalue weighted by Crippen LogP contribution is 2.25. The van der Waals surface area contributed by atoms with E-state index in [1.165, 1.54) is 7.11 Å². The molecule has 0 fully saturated rings. The first-order valence-corrected chi connectivity index (χ1v) is 5.36. The fraction of sp³-hybridized carbons (Fsp3) is 0.500. The summed E-state index contributed by atoms with van der Waals surface area (Å²) in [4.78, 5) is 0. The van der Waals surface area contributed by atoms with Gasteiger partial charge < -0.3 is 15.8 Å². The number of anilines is 1. The maximum absolute atomic E-state index is 13.6. The molecule has 5 heteroatoms. The second kappa shape index (κ2) is 5.31. The van der Waals surface area contributed by atoms with E-state index in [0.717, 1.165) is 12.1 Å². The molecule has 0 aliphatic carbocycles. The van der Waals surface area contributed by atoms with Crippen LogP contribution < -0.4 is 15.8 Å². The summed E-state index contributed by atoms with van der Waals surface area (Å²) in [5.74, 6) is -1.25. The molecule has 0 aromatic heterocycles. The lowest BCUT2D eigenvalue weighted by molar-refractivity contribution is 0.382. The van der Waals surface area contributed by atoms with Crippen LogP contribution in [0, 0.1) is 17.0 Å². The third-order valence-electron chi connectivity index (χ3n) is 2.55. The van der Waals surface area contributed by atoms with E-state index in [0.29, 0.717) is 13.1 Å². The van der Waals surface area contributed by atoms with Crippen molar-refractivity contribution in [2.45, 2.75) is 13.8 Å². The molecule has 0 spiro atoms. The normalized spacial score (nSPS) is 11.4. The minimum atomic E-state index is -0.595. The van der Waals surface area contributed by atoms with Crippen molar-refractivity contribution in [1.82, 2.24) is 0 Å². The molecule has 0 aliphatic rings. The summed E-state index contributed by atoms with van der Waals surface area (Å²) in [5, 5.41) is 2.85. The molecule has 17 heavy (non-hydrogen) atoms. The van der Waals surface area contributed by atoms with Crippen molar-refractivity contribution in [2.75, 3.05) is 25.5 Å². The predicted octanol–water partition coefficient (Wildman–Crippen LogP) is 2.37. The molecule has 0 aliphatic heterocycles. The smallest absolute Gasteiger partial charge is 0.167 e. The first-order valence-electron chi connectivity index (χ1n) is 5.36. The van der Waals surface area contributed by atoms with Crippen molar-refractivity contribution >= 4 is 5.69 Å². The Balaban J connectivity index is 2.82. The van der Waals surface area contributed by atoms with Crippen molar-refractivity contribution in [3.63, 3.8) is 0 Å². The second-order valence-corrected chi connectivity index (χ2v) is 4.69. The van der Waals surface area contributed by atoms with Crippen LogP contribution in [0.4, 0.5) is 14.5 Å². The highest BCUT2D eigenvalue weighted by molar-refractivity contribution is 5.49. The standard InChI is InChI=1S/C12H18F2N2O/c1-12(2,6-15)7-16-10-4-9(14)11(17-3)5-8(10)13/h4-5,16H,6-7,15H2,1-3H3.